The van der Waals surface area contributed by atoms with Crippen LogP contribution in [0.2, 0.25) is 0 Å². The highest BCUT2D eigenvalue weighted by atomic mass is 32.1. The Morgan fingerprint density at radius 2 is 2.14 bits per heavy atom. The number of nitrogens with zero attached hydrogens (tertiary/aromatic N) is 2. The molecule has 0 saturated heterocycles. The highest BCUT2D eigenvalue weighted by Crippen LogP contribution is 2.34. The van der Waals surface area contributed by atoms with E-state index in [0.717, 1.165) is 16.2 Å². The molecule has 0 aromatic carbocycles. The van der Waals surface area contributed by atoms with E-state index in [1.807, 2.05) is 13.8 Å². The molecule has 1 aromatic rings. The lowest BCUT2D eigenvalue weighted by atomic mass is 10.3. The summed E-state index contributed by atoms with van der Waals surface area (Å²) in [7, 11) is 0. The Labute approximate surface area is 124 Å². The van der Waals surface area contributed by atoms with Gasteiger partial charge in [0.25, 0.3) is 5.91 Å². The molecule has 0 aliphatic heterocycles. The molecule has 9 heteroatoms. The summed E-state index contributed by atoms with van der Waals surface area (Å²) in [4.78, 5) is 17.2. The maximum Gasteiger partial charge on any atom is 0.406 e. The van der Waals surface area contributed by atoms with Crippen LogP contribution < -0.4 is 11.1 Å². The van der Waals surface area contributed by atoms with E-state index >= 15 is 0 Å². The molecule has 0 bridgehead atoms. The number of alkyl halides is 3. The number of hydrogen-bond acceptors (Lipinski definition) is 5. The molecule has 2 rings (SSSR count). The molecule has 1 heterocycles. The van der Waals surface area contributed by atoms with Crippen molar-refractivity contribution in [3.8, 4) is 0 Å². The SMILES string of the molecule is CC(C)Nc1nc(N)c(C(=O)N(CC(F)(F)F)C2CC2)s1. The first-order valence-corrected chi connectivity index (χ1v) is 7.39. The third kappa shape index (κ3) is 4.23. The lowest BCUT2D eigenvalue weighted by Gasteiger charge is -2.23. The molecule has 0 spiro atoms. The fourth-order valence-electron chi connectivity index (χ4n) is 1.87. The lowest BCUT2D eigenvalue weighted by molar-refractivity contribution is -0.141. The summed E-state index contributed by atoms with van der Waals surface area (Å²) in [6, 6.07) is -0.254. The van der Waals surface area contributed by atoms with Crippen LogP contribution in [0.15, 0.2) is 0 Å². The number of nitrogens with two attached hydrogens (primary N) is 1. The Bertz CT molecular complexity index is 525. The second-order valence-corrected chi connectivity index (χ2v) is 6.31. The molecule has 5 nitrogen and oxygen atoms in total. The van der Waals surface area contributed by atoms with Gasteiger partial charge >= 0.3 is 6.18 Å². The number of carbonyl (C=O) groups is 1. The first-order chi connectivity index (χ1) is 9.67. The molecule has 1 fully saturated rings. The third-order valence-electron chi connectivity index (χ3n) is 2.86. The summed E-state index contributed by atoms with van der Waals surface area (Å²) in [6.07, 6.45) is -3.23. The molecule has 1 aliphatic carbocycles. The summed E-state index contributed by atoms with van der Waals surface area (Å²) in [6.45, 7) is 2.53. The van der Waals surface area contributed by atoms with E-state index in [-0.39, 0.29) is 22.8 Å². The van der Waals surface area contributed by atoms with Gasteiger partial charge in [0.15, 0.2) is 5.13 Å². The van der Waals surface area contributed by atoms with Gasteiger partial charge in [-0.1, -0.05) is 11.3 Å². The van der Waals surface area contributed by atoms with Crippen molar-refractivity contribution in [3.05, 3.63) is 4.88 Å². The van der Waals surface area contributed by atoms with Crippen molar-refractivity contribution in [3.63, 3.8) is 0 Å². The van der Waals surface area contributed by atoms with Crippen LogP contribution in [-0.4, -0.2) is 40.6 Å². The summed E-state index contributed by atoms with van der Waals surface area (Å²) in [5, 5.41) is 3.43. The maximum absolute atomic E-state index is 12.6. The van der Waals surface area contributed by atoms with Crippen LogP contribution in [0.3, 0.4) is 0 Å². The van der Waals surface area contributed by atoms with Gasteiger partial charge in [-0.05, 0) is 26.7 Å². The first-order valence-electron chi connectivity index (χ1n) is 6.58. The molecular weight excluding hydrogens is 305 g/mol. The van der Waals surface area contributed by atoms with E-state index in [1.165, 1.54) is 0 Å². The van der Waals surface area contributed by atoms with Crippen molar-refractivity contribution in [2.75, 3.05) is 17.6 Å². The van der Waals surface area contributed by atoms with Crippen LogP contribution in [0.4, 0.5) is 24.1 Å². The van der Waals surface area contributed by atoms with Gasteiger partial charge in [0.1, 0.15) is 17.2 Å². The molecule has 1 aliphatic rings. The number of halogens is 3. The fraction of sp³-hybridized carbons (Fsp3) is 0.667. The number of thiazole rings is 1. The highest BCUT2D eigenvalue weighted by molar-refractivity contribution is 7.18. The Balaban J connectivity index is 2.18. The third-order valence-corrected chi connectivity index (χ3v) is 3.85. The van der Waals surface area contributed by atoms with Crippen molar-refractivity contribution in [1.82, 2.24) is 9.88 Å². The number of nitrogen functional groups attached to an aromatic ring is 1. The highest BCUT2D eigenvalue weighted by Gasteiger charge is 2.41. The Morgan fingerprint density at radius 3 is 2.62 bits per heavy atom. The van der Waals surface area contributed by atoms with Crippen LogP contribution >= 0.6 is 11.3 Å². The standard InChI is InChI=1S/C12H17F3N4OS/c1-6(2)17-11-18-9(16)8(21-11)10(20)19(7-3-4-7)5-12(13,14)15/h6-7H,3-5,16H2,1-2H3,(H,17,18). The second-order valence-electron chi connectivity index (χ2n) is 5.31. The Morgan fingerprint density at radius 1 is 1.52 bits per heavy atom. The fourth-order valence-corrected chi connectivity index (χ4v) is 2.86. The molecule has 1 amide bonds. The normalized spacial score (nSPS) is 15.3. The minimum atomic E-state index is -4.42. The van der Waals surface area contributed by atoms with E-state index in [0.29, 0.717) is 18.0 Å². The number of hydrogen-bond donors (Lipinski definition) is 2. The molecule has 21 heavy (non-hydrogen) atoms. The Kier molecular flexibility index (Phi) is 4.31. The van der Waals surface area contributed by atoms with Gasteiger partial charge in [0.2, 0.25) is 0 Å². The van der Waals surface area contributed by atoms with Crippen LogP contribution in [0.5, 0.6) is 0 Å². The summed E-state index contributed by atoms with van der Waals surface area (Å²) in [5.74, 6) is -0.720. The van der Waals surface area contributed by atoms with Gasteiger partial charge in [0, 0.05) is 12.1 Å². The summed E-state index contributed by atoms with van der Waals surface area (Å²) in [5.41, 5.74) is 5.67. The maximum atomic E-state index is 12.6. The average Bonchev–Trinajstić information content (AvgIpc) is 3.09. The van der Waals surface area contributed by atoms with Crippen molar-refractivity contribution in [2.24, 2.45) is 0 Å². The van der Waals surface area contributed by atoms with Crippen LogP contribution in [0.1, 0.15) is 36.4 Å². The zero-order valence-corrected chi connectivity index (χ0v) is 12.5. The van der Waals surface area contributed by atoms with Gasteiger partial charge in [-0.2, -0.15) is 13.2 Å². The molecule has 0 radical (unpaired) electrons. The van der Waals surface area contributed by atoms with Gasteiger partial charge in [0.05, 0.1) is 0 Å². The predicted octanol–water partition coefficient (Wildman–Crippen LogP) is 2.71. The number of amides is 1. The number of nitrogens with one attached hydrogen (secondary N) is 1. The van der Waals surface area contributed by atoms with E-state index in [4.69, 9.17) is 5.73 Å². The molecule has 3 N–H and O–H groups in total. The monoisotopic (exact) mass is 322 g/mol. The molecule has 118 valence electrons. The minimum Gasteiger partial charge on any atom is -0.382 e. The summed E-state index contributed by atoms with van der Waals surface area (Å²) >= 11 is 0.990. The average molecular weight is 322 g/mol. The second kappa shape index (κ2) is 5.70. The van der Waals surface area contributed by atoms with Crippen molar-refractivity contribution in [2.45, 2.75) is 44.9 Å². The summed E-state index contributed by atoms with van der Waals surface area (Å²) < 4.78 is 37.8. The molecule has 1 aromatic heterocycles. The quantitative estimate of drug-likeness (QED) is 0.874. The molecule has 0 unspecified atom stereocenters. The predicted molar refractivity (Wildman–Crippen MR) is 75.4 cm³/mol. The van der Waals surface area contributed by atoms with Gasteiger partial charge in [-0.25, -0.2) is 4.98 Å². The van der Waals surface area contributed by atoms with E-state index in [1.54, 1.807) is 0 Å². The number of rotatable bonds is 5. The van der Waals surface area contributed by atoms with Gasteiger partial charge in [-0.15, -0.1) is 0 Å². The van der Waals surface area contributed by atoms with E-state index in [9.17, 15) is 18.0 Å². The topological polar surface area (TPSA) is 71.2 Å². The number of aromatic nitrogens is 1. The molecule has 0 atom stereocenters. The Hall–Kier alpha value is -1.51. The van der Waals surface area contributed by atoms with Gasteiger partial charge in [-0.3, -0.25) is 4.79 Å². The molecule has 1 saturated carbocycles. The number of carbonyl (C=O) groups excluding carboxylic acids is 1. The number of anilines is 2. The van der Waals surface area contributed by atoms with E-state index in [2.05, 4.69) is 10.3 Å². The zero-order chi connectivity index (χ0) is 15.8. The van der Waals surface area contributed by atoms with Crippen LogP contribution in [0.25, 0.3) is 0 Å². The lowest BCUT2D eigenvalue weighted by Crippen LogP contribution is -2.40. The minimum absolute atomic E-state index is 0.0269. The van der Waals surface area contributed by atoms with Crippen molar-refractivity contribution in [1.29, 1.82) is 0 Å². The van der Waals surface area contributed by atoms with Crippen molar-refractivity contribution < 1.29 is 18.0 Å². The van der Waals surface area contributed by atoms with Gasteiger partial charge < -0.3 is 16.0 Å². The largest absolute Gasteiger partial charge is 0.406 e. The van der Waals surface area contributed by atoms with Crippen molar-refractivity contribution >= 4 is 28.2 Å². The first kappa shape index (κ1) is 15.9. The van der Waals surface area contributed by atoms with E-state index < -0.39 is 18.6 Å². The van der Waals surface area contributed by atoms with Crippen LogP contribution in [-0.2, 0) is 0 Å². The zero-order valence-electron chi connectivity index (χ0n) is 11.7. The smallest absolute Gasteiger partial charge is 0.382 e. The molecular formula is C12H17F3N4OS. The van der Waals surface area contributed by atoms with Crippen LogP contribution in [0, 0.1) is 0 Å².